The quantitative estimate of drug-likeness (QED) is 0.517. The zero-order valence-electron chi connectivity index (χ0n) is 9.84. The van der Waals surface area contributed by atoms with Crippen molar-refractivity contribution in [2.75, 3.05) is 6.54 Å². The van der Waals surface area contributed by atoms with E-state index in [1.807, 2.05) is 0 Å². The van der Waals surface area contributed by atoms with Gasteiger partial charge in [0, 0.05) is 13.0 Å². The summed E-state index contributed by atoms with van der Waals surface area (Å²) in [4.78, 5) is 13.4. The summed E-state index contributed by atoms with van der Waals surface area (Å²) in [5.41, 5.74) is 3.29. The molecule has 0 spiro atoms. The summed E-state index contributed by atoms with van der Waals surface area (Å²) >= 11 is 0. The van der Waals surface area contributed by atoms with Crippen molar-refractivity contribution in [3.05, 3.63) is 12.8 Å². The van der Waals surface area contributed by atoms with Crippen molar-refractivity contribution in [2.45, 2.75) is 32.5 Å². The molecule has 0 aromatic carbocycles. The van der Waals surface area contributed by atoms with Crippen LogP contribution in [0.25, 0.3) is 0 Å². The number of carbonyl (C=O) groups is 1. The van der Waals surface area contributed by atoms with E-state index in [0.29, 0.717) is 6.42 Å². The van der Waals surface area contributed by atoms with Gasteiger partial charge < -0.3 is 4.90 Å². The van der Waals surface area contributed by atoms with E-state index in [1.54, 1.807) is 11.1 Å². The van der Waals surface area contributed by atoms with Crippen molar-refractivity contribution in [3.63, 3.8) is 0 Å². The number of nitrogens with zero attached hydrogens (tertiary/aromatic N) is 1. The molecule has 3 heteroatoms. The number of hydrogen-bond acceptors (Lipinski definition) is 1. The fourth-order valence-electron chi connectivity index (χ4n) is 1.57. The predicted octanol–water partition coefficient (Wildman–Crippen LogP) is 2.25. The number of likely N-dealkylation sites (tertiary alicyclic amines) is 1. The van der Waals surface area contributed by atoms with Gasteiger partial charge in [-0.1, -0.05) is 26.2 Å². The maximum absolute atomic E-state index is 11.7. The van der Waals surface area contributed by atoms with Crippen LogP contribution in [-0.4, -0.2) is 25.4 Å². The molecule has 1 fully saturated rings. The second-order valence-electron chi connectivity index (χ2n) is 4.96. The molecule has 0 aromatic heterocycles. The first-order valence-corrected chi connectivity index (χ1v) is 8.87. The topological polar surface area (TPSA) is 20.3 Å². The lowest BCUT2D eigenvalue weighted by Gasteiger charge is -2.09. The Bertz CT molecular complexity index is 319. The number of hydrogen-bond donors (Lipinski definition) is 0. The van der Waals surface area contributed by atoms with Gasteiger partial charge in [0.1, 0.15) is 8.07 Å². The summed E-state index contributed by atoms with van der Waals surface area (Å²) in [7, 11) is -1.28. The van der Waals surface area contributed by atoms with E-state index < -0.39 is 8.07 Å². The summed E-state index contributed by atoms with van der Waals surface area (Å²) in [6, 6.07) is 0. The molecule has 0 radical (unpaired) electrons. The molecule has 82 valence electrons. The van der Waals surface area contributed by atoms with E-state index in [-0.39, 0.29) is 11.8 Å². The van der Waals surface area contributed by atoms with Crippen molar-refractivity contribution in [1.82, 2.24) is 4.90 Å². The second-order valence-corrected chi connectivity index (χ2v) is 9.71. The molecule has 1 amide bonds. The largest absolute Gasteiger partial charge is 0.319 e. The Morgan fingerprint density at radius 2 is 2.27 bits per heavy atom. The Morgan fingerprint density at radius 1 is 1.60 bits per heavy atom. The fourth-order valence-corrected chi connectivity index (χ4v) is 2.21. The molecule has 0 N–H and O–H groups in total. The minimum Gasteiger partial charge on any atom is -0.319 e. The molecule has 1 heterocycles. The third-order valence-corrected chi connectivity index (χ3v) is 3.31. The van der Waals surface area contributed by atoms with Crippen LogP contribution in [0.15, 0.2) is 12.8 Å². The molecule has 0 aromatic rings. The predicted molar refractivity (Wildman–Crippen MR) is 65.8 cm³/mol. The van der Waals surface area contributed by atoms with E-state index in [4.69, 9.17) is 0 Å². The first kappa shape index (κ1) is 12.1. The van der Waals surface area contributed by atoms with Crippen LogP contribution in [0.2, 0.25) is 19.6 Å². The number of rotatable bonds is 2. The normalized spacial score (nSPS) is 21.1. The van der Waals surface area contributed by atoms with Gasteiger partial charge in [0.15, 0.2) is 0 Å². The molecule has 2 nitrogen and oxygen atoms in total. The monoisotopic (exact) mass is 221 g/mol. The standard InChI is InChI=1S/C12H19NOSi/c1-5-13-9-8-11(12(13)14)7-6-10-15(2,3)4/h5,11H,1,7-9H2,2-4H3. The molecule has 15 heavy (non-hydrogen) atoms. The third-order valence-electron chi connectivity index (χ3n) is 2.38. The Kier molecular flexibility index (Phi) is 3.76. The number of amides is 1. The van der Waals surface area contributed by atoms with E-state index in [2.05, 4.69) is 37.7 Å². The molecule has 1 unspecified atom stereocenters. The zero-order valence-corrected chi connectivity index (χ0v) is 10.8. The fraction of sp³-hybridized carbons (Fsp3) is 0.583. The summed E-state index contributed by atoms with van der Waals surface area (Å²) in [6.45, 7) is 11.1. The molecule has 0 aliphatic carbocycles. The Balaban J connectivity index is 2.51. The van der Waals surface area contributed by atoms with Crippen LogP contribution in [0, 0.1) is 17.4 Å². The Labute approximate surface area is 93.4 Å². The van der Waals surface area contributed by atoms with Crippen LogP contribution in [0.1, 0.15) is 12.8 Å². The molecule has 1 aliphatic rings. The molecule has 1 aliphatic heterocycles. The van der Waals surface area contributed by atoms with Crippen molar-refractivity contribution in [3.8, 4) is 11.5 Å². The molecule has 1 atom stereocenters. The lowest BCUT2D eigenvalue weighted by molar-refractivity contribution is -0.128. The Hall–Kier alpha value is -1.01. The lowest BCUT2D eigenvalue weighted by atomic mass is 10.1. The summed E-state index contributed by atoms with van der Waals surface area (Å²) < 4.78 is 0. The summed E-state index contributed by atoms with van der Waals surface area (Å²) in [5, 5.41) is 0. The minimum atomic E-state index is -1.28. The van der Waals surface area contributed by atoms with Crippen molar-refractivity contribution in [2.24, 2.45) is 5.92 Å². The maximum atomic E-state index is 11.7. The van der Waals surface area contributed by atoms with Gasteiger partial charge >= 0.3 is 0 Å². The van der Waals surface area contributed by atoms with Crippen molar-refractivity contribution >= 4 is 14.0 Å². The summed E-state index contributed by atoms with van der Waals surface area (Å²) in [6.07, 6.45) is 3.26. The maximum Gasteiger partial charge on any atom is 0.230 e. The van der Waals surface area contributed by atoms with Gasteiger partial charge in [-0.05, 0) is 12.6 Å². The molecule has 0 saturated carbocycles. The van der Waals surface area contributed by atoms with E-state index in [9.17, 15) is 4.79 Å². The van der Waals surface area contributed by atoms with Gasteiger partial charge in [0.25, 0.3) is 0 Å². The SMILES string of the molecule is C=CN1CCC(CC#C[Si](C)(C)C)C1=O. The lowest BCUT2D eigenvalue weighted by Crippen LogP contribution is -2.21. The first-order valence-electron chi connectivity index (χ1n) is 5.37. The van der Waals surface area contributed by atoms with Crippen LogP contribution < -0.4 is 0 Å². The number of carbonyl (C=O) groups excluding carboxylic acids is 1. The van der Waals surface area contributed by atoms with Gasteiger partial charge in [-0.15, -0.1) is 11.5 Å². The highest BCUT2D eigenvalue weighted by molar-refractivity contribution is 6.83. The highest BCUT2D eigenvalue weighted by atomic mass is 28.3. The first-order chi connectivity index (χ1) is 6.94. The van der Waals surface area contributed by atoms with Gasteiger partial charge in [-0.25, -0.2) is 0 Å². The third kappa shape index (κ3) is 3.56. The van der Waals surface area contributed by atoms with E-state index in [0.717, 1.165) is 13.0 Å². The van der Waals surface area contributed by atoms with Crippen molar-refractivity contribution < 1.29 is 4.79 Å². The van der Waals surface area contributed by atoms with Crippen LogP contribution in [0.4, 0.5) is 0 Å². The zero-order chi connectivity index (χ0) is 11.5. The highest BCUT2D eigenvalue weighted by Gasteiger charge is 2.29. The van der Waals surface area contributed by atoms with Crippen LogP contribution >= 0.6 is 0 Å². The van der Waals surface area contributed by atoms with Crippen molar-refractivity contribution in [1.29, 1.82) is 0 Å². The minimum absolute atomic E-state index is 0.104. The molecular formula is C12H19NOSi. The smallest absolute Gasteiger partial charge is 0.230 e. The van der Waals surface area contributed by atoms with Crippen LogP contribution in [-0.2, 0) is 4.79 Å². The van der Waals surface area contributed by atoms with Gasteiger partial charge in [0.05, 0.1) is 5.92 Å². The molecule has 1 rings (SSSR count). The van der Waals surface area contributed by atoms with Gasteiger partial charge in [-0.3, -0.25) is 4.79 Å². The molecular weight excluding hydrogens is 202 g/mol. The Morgan fingerprint density at radius 3 is 2.73 bits per heavy atom. The van der Waals surface area contributed by atoms with E-state index >= 15 is 0 Å². The average Bonchev–Trinajstić information content (AvgIpc) is 2.46. The second kappa shape index (κ2) is 4.67. The van der Waals surface area contributed by atoms with Crippen LogP contribution in [0.5, 0.6) is 0 Å². The van der Waals surface area contributed by atoms with Gasteiger partial charge in [-0.2, -0.15) is 0 Å². The van der Waals surface area contributed by atoms with Crippen LogP contribution in [0.3, 0.4) is 0 Å². The molecule has 1 saturated heterocycles. The van der Waals surface area contributed by atoms with E-state index in [1.165, 1.54) is 0 Å². The van der Waals surface area contributed by atoms with Gasteiger partial charge in [0.2, 0.25) is 5.91 Å². The average molecular weight is 221 g/mol. The highest BCUT2D eigenvalue weighted by Crippen LogP contribution is 2.20. The molecule has 0 bridgehead atoms. The summed E-state index contributed by atoms with van der Waals surface area (Å²) in [5.74, 6) is 3.47.